The van der Waals surface area contributed by atoms with Gasteiger partial charge in [-0.3, -0.25) is 0 Å². The zero-order valence-electron chi connectivity index (χ0n) is 33.2. The van der Waals surface area contributed by atoms with Crippen molar-refractivity contribution in [2.45, 2.75) is 6.17 Å². The second-order valence-electron chi connectivity index (χ2n) is 15.8. The minimum Gasteiger partial charge on any atom is -0.344 e. The topological polar surface area (TPSA) is 41.7 Å². The molecule has 1 aliphatic rings. The van der Waals surface area contributed by atoms with Crippen LogP contribution < -0.4 is 5.32 Å². The van der Waals surface area contributed by atoms with Gasteiger partial charge in [-0.25, -0.2) is 9.98 Å². The van der Waals surface area contributed by atoms with Crippen LogP contribution in [0.15, 0.2) is 228 Å². The molecule has 1 aliphatic heterocycles. The Hall–Kier alpha value is -8.08. The molecule has 0 radical (unpaired) electrons. The lowest BCUT2D eigenvalue weighted by Gasteiger charge is -2.24. The van der Waals surface area contributed by atoms with Crippen molar-refractivity contribution in [3.8, 4) is 27.9 Å². The van der Waals surface area contributed by atoms with Crippen LogP contribution in [0.3, 0.4) is 0 Å². The monoisotopic (exact) mass is 778 g/mol. The molecule has 2 heterocycles. The number of nitrogens with one attached hydrogen (secondary N) is 1. The summed E-state index contributed by atoms with van der Waals surface area (Å²) in [6.07, 6.45) is -0.291. The molecule has 0 spiro atoms. The van der Waals surface area contributed by atoms with Gasteiger partial charge in [0.1, 0.15) is 12.0 Å². The summed E-state index contributed by atoms with van der Waals surface area (Å²) in [5.41, 5.74) is 11.3. The minimum atomic E-state index is -0.291. The third-order valence-corrected chi connectivity index (χ3v) is 12.2. The lowest BCUT2D eigenvalue weighted by molar-refractivity contribution is 0.674. The van der Waals surface area contributed by atoms with E-state index in [9.17, 15) is 0 Å². The zero-order valence-corrected chi connectivity index (χ0v) is 33.2. The highest BCUT2D eigenvalue weighted by Crippen LogP contribution is 2.38. The van der Waals surface area contributed by atoms with Gasteiger partial charge in [-0.15, -0.1) is 0 Å². The summed E-state index contributed by atoms with van der Waals surface area (Å²) in [5, 5.41) is 13.5. The van der Waals surface area contributed by atoms with Gasteiger partial charge in [0.05, 0.1) is 11.0 Å². The van der Waals surface area contributed by atoms with Gasteiger partial charge in [0, 0.05) is 27.6 Å². The SMILES string of the molecule is c1ccc(-c2ccc(C3=NC(c4ccccc4)NC(c4ccc(-c5ccc(-n6c7cc8ccccc8cc7c7cc8ccccc8cc76)cc5)cc4)=N3)c3ccccc23)cc1. The molecule has 10 aromatic carbocycles. The van der Waals surface area contributed by atoms with Crippen LogP contribution in [0.5, 0.6) is 0 Å². The summed E-state index contributed by atoms with van der Waals surface area (Å²) in [4.78, 5) is 10.5. The summed E-state index contributed by atoms with van der Waals surface area (Å²) in [6, 6.07) is 78.3. The molecule has 0 saturated heterocycles. The highest BCUT2D eigenvalue weighted by molar-refractivity contribution is 6.19. The van der Waals surface area contributed by atoms with E-state index in [-0.39, 0.29) is 6.17 Å². The van der Waals surface area contributed by atoms with Gasteiger partial charge >= 0.3 is 0 Å². The molecule has 12 rings (SSSR count). The molecule has 0 saturated carbocycles. The molecular weight excluding hydrogens is 741 g/mol. The first kappa shape index (κ1) is 34.9. The van der Waals surface area contributed by atoms with Crippen LogP contribution in [-0.2, 0) is 0 Å². The van der Waals surface area contributed by atoms with Crippen LogP contribution in [0, 0.1) is 0 Å². The lowest BCUT2D eigenvalue weighted by atomic mass is 9.94. The molecule has 4 heteroatoms. The zero-order chi connectivity index (χ0) is 40.3. The van der Waals surface area contributed by atoms with Crippen molar-refractivity contribution in [2.75, 3.05) is 0 Å². The maximum absolute atomic E-state index is 5.23. The highest BCUT2D eigenvalue weighted by Gasteiger charge is 2.23. The van der Waals surface area contributed by atoms with Crippen LogP contribution in [0.25, 0.3) is 82.1 Å². The molecule has 1 atom stereocenters. The molecule has 0 bridgehead atoms. The van der Waals surface area contributed by atoms with E-state index in [1.54, 1.807) is 0 Å². The fourth-order valence-electron chi connectivity index (χ4n) is 9.17. The molecule has 1 aromatic heterocycles. The third-order valence-electron chi connectivity index (χ3n) is 12.2. The average molecular weight is 779 g/mol. The van der Waals surface area contributed by atoms with E-state index in [0.29, 0.717) is 5.84 Å². The first-order valence-electron chi connectivity index (χ1n) is 20.8. The Bertz CT molecular complexity index is 3430. The number of rotatable bonds is 6. The summed E-state index contributed by atoms with van der Waals surface area (Å²) >= 11 is 0. The van der Waals surface area contributed by atoms with Crippen molar-refractivity contribution in [2.24, 2.45) is 9.98 Å². The predicted molar refractivity (Wildman–Crippen MR) is 256 cm³/mol. The molecule has 0 aliphatic carbocycles. The van der Waals surface area contributed by atoms with Crippen molar-refractivity contribution in [1.29, 1.82) is 0 Å². The molecule has 1 N–H and O–H groups in total. The molecule has 61 heavy (non-hydrogen) atoms. The normalized spacial score (nSPS) is 14.1. The van der Waals surface area contributed by atoms with E-state index in [0.717, 1.165) is 44.7 Å². The first-order chi connectivity index (χ1) is 30.2. The van der Waals surface area contributed by atoms with Crippen molar-refractivity contribution in [3.05, 3.63) is 235 Å². The summed E-state index contributed by atoms with van der Waals surface area (Å²) in [5.74, 6) is 1.51. The second kappa shape index (κ2) is 14.3. The van der Waals surface area contributed by atoms with E-state index >= 15 is 0 Å². The van der Waals surface area contributed by atoms with Gasteiger partial charge in [0.2, 0.25) is 0 Å². The third kappa shape index (κ3) is 6.08. The Morgan fingerprint density at radius 3 is 1.46 bits per heavy atom. The summed E-state index contributed by atoms with van der Waals surface area (Å²) in [7, 11) is 0. The number of benzene rings is 10. The molecule has 11 aromatic rings. The maximum atomic E-state index is 5.23. The summed E-state index contributed by atoms with van der Waals surface area (Å²) in [6.45, 7) is 0. The first-order valence-corrected chi connectivity index (χ1v) is 20.8. The van der Waals surface area contributed by atoms with Gasteiger partial charge in [0.15, 0.2) is 5.84 Å². The average Bonchev–Trinajstić information content (AvgIpc) is 3.64. The number of nitrogens with zero attached hydrogens (tertiary/aromatic N) is 3. The fraction of sp³-hybridized carbons (Fsp3) is 0.0175. The van der Waals surface area contributed by atoms with E-state index in [4.69, 9.17) is 9.98 Å². The van der Waals surface area contributed by atoms with E-state index in [1.165, 1.54) is 59.9 Å². The van der Waals surface area contributed by atoms with Crippen molar-refractivity contribution >= 4 is 65.8 Å². The molecule has 0 fully saturated rings. The minimum absolute atomic E-state index is 0.291. The second-order valence-corrected chi connectivity index (χ2v) is 15.8. The van der Waals surface area contributed by atoms with Crippen molar-refractivity contribution in [3.63, 3.8) is 0 Å². The van der Waals surface area contributed by atoms with Crippen LogP contribution in [0.2, 0.25) is 0 Å². The number of hydrogen-bond donors (Lipinski definition) is 1. The Balaban J connectivity index is 0.911. The quantitative estimate of drug-likeness (QED) is 0.179. The van der Waals surface area contributed by atoms with Crippen molar-refractivity contribution in [1.82, 2.24) is 9.88 Å². The van der Waals surface area contributed by atoms with Gasteiger partial charge in [-0.1, -0.05) is 176 Å². The van der Waals surface area contributed by atoms with Gasteiger partial charge in [-0.2, -0.15) is 0 Å². The fourth-order valence-corrected chi connectivity index (χ4v) is 9.17. The number of hydrogen-bond acceptors (Lipinski definition) is 3. The number of aliphatic imine (C=N–C) groups is 2. The van der Waals surface area contributed by atoms with Crippen LogP contribution >= 0.6 is 0 Å². The molecular formula is C57H38N4. The van der Waals surface area contributed by atoms with E-state index < -0.39 is 0 Å². The predicted octanol–water partition coefficient (Wildman–Crippen LogP) is 14.1. The van der Waals surface area contributed by atoms with Crippen molar-refractivity contribution < 1.29 is 0 Å². The number of aromatic nitrogens is 1. The largest absolute Gasteiger partial charge is 0.344 e. The van der Waals surface area contributed by atoms with Crippen LogP contribution in [-0.4, -0.2) is 16.2 Å². The highest BCUT2D eigenvalue weighted by atomic mass is 15.2. The lowest BCUT2D eigenvalue weighted by Crippen LogP contribution is -2.33. The van der Waals surface area contributed by atoms with Gasteiger partial charge in [0.25, 0.3) is 0 Å². The molecule has 1 unspecified atom stereocenters. The Morgan fingerprint density at radius 2 is 0.852 bits per heavy atom. The standard InChI is InChI=1S/C57H38N4/c1-3-13-39(14-4-1)47-31-32-50(49-22-12-11-21-48(47)49)57-59-55(40-15-5-2-6-16-40)58-56(60-57)41-25-23-37(24-26-41)38-27-29-46(30-28-38)61-53-35-44-19-9-7-17-42(44)33-51(53)52-34-43-18-8-10-20-45(43)36-54(52)61/h1-36,55H,(H,58,59,60). The smallest absolute Gasteiger partial charge is 0.160 e. The number of amidine groups is 2. The Labute approximate surface area is 353 Å². The van der Waals surface area contributed by atoms with E-state index in [2.05, 4.69) is 222 Å². The van der Waals surface area contributed by atoms with E-state index in [1.807, 2.05) is 6.07 Å². The number of fused-ring (bicyclic) bond motifs is 6. The Morgan fingerprint density at radius 1 is 0.377 bits per heavy atom. The molecule has 286 valence electrons. The van der Waals surface area contributed by atoms with Gasteiger partial charge < -0.3 is 9.88 Å². The molecule has 0 amide bonds. The van der Waals surface area contributed by atoms with Crippen LogP contribution in [0.4, 0.5) is 0 Å². The Kier molecular flexibility index (Phi) is 8.20. The molecule has 4 nitrogen and oxygen atoms in total. The maximum Gasteiger partial charge on any atom is 0.160 e. The summed E-state index contributed by atoms with van der Waals surface area (Å²) < 4.78 is 2.42. The van der Waals surface area contributed by atoms with Gasteiger partial charge in [-0.05, 0) is 103 Å². The van der Waals surface area contributed by atoms with Crippen LogP contribution in [0.1, 0.15) is 22.9 Å².